The minimum absolute atomic E-state index is 0.104. The first-order chi connectivity index (χ1) is 16.3. The maximum atomic E-state index is 12.6. The zero-order chi connectivity index (χ0) is 24.7. The number of allylic oxidation sites excluding steroid dienone is 1. The highest BCUT2D eigenvalue weighted by Crippen LogP contribution is 2.29. The van der Waals surface area contributed by atoms with Gasteiger partial charge in [-0.15, -0.1) is 28.1 Å². The number of esters is 1. The van der Waals surface area contributed by atoms with Crippen molar-refractivity contribution in [2.45, 2.75) is 46.0 Å². The summed E-state index contributed by atoms with van der Waals surface area (Å²) in [7, 11) is 0. The number of hydrogen-bond acceptors (Lipinski definition) is 8. The van der Waals surface area contributed by atoms with Gasteiger partial charge in [0.15, 0.2) is 11.0 Å². The van der Waals surface area contributed by atoms with E-state index in [1.807, 2.05) is 43.5 Å². The predicted molar refractivity (Wildman–Crippen MR) is 135 cm³/mol. The topological polar surface area (TPSA) is 95.3 Å². The highest BCUT2D eigenvalue weighted by molar-refractivity contribution is 7.99. The molecular weight excluding hydrogens is 472 g/mol. The number of carbonyl (C=O) groups excluding carboxylic acids is 2. The summed E-state index contributed by atoms with van der Waals surface area (Å²) in [5.41, 5.74) is 2.59. The number of rotatable bonds is 11. The molecule has 0 unspecified atom stereocenters. The molecule has 0 fully saturated rings. The van der Waals surface area contributed by atoms with Gasteiger partial charge in [-0.05, 0) is 51.0 Å². The second-order valence-corrected chi connectivity index (χ2v) is 9.64. The van der Waals surface area contributed by atoms with E-state index in [0.717, 1.165) is 21.8 Å². The fraction of sp³-hybridized carbons (Fsp3) is 0.333. The molecular formula is C24H28N4O4S2. The van der Waals surface area contributed by atoms with Crippen LogP contribution in [0.5, 0.6) is 5.75 Å². The number of benzene rings is 1. The zero-order valence-corrected chi connectivity index (χ0v) is 21.3. The van der Waals surface area contributed by atoms with Gasteiger partial charge in [-0.3, -0.25) is 9.36 Å². The molecule has 0 aliphatic heterocycles. The number of nitrogens with one attached hydrogen (secondary N) is 1. The largest absolute Gasteiger partial charge is 0.485 e. The lowest BCUT2D eigenvalue weighted by Gasteiger charge is -2.12. The lowest BCUT2D eigenvalue weighted by molar-refractivity contribution is -0.113. The number of anilines is 1. The normalized spacial score (nSPS) is 10.7. The third-order valence-corrected chi connectivity index (χ3v) is 6.89. The molecule has 3 aromatic rings. The Balaban J connectivity index is 1.65. The monoisotopic (exact) mass is 500 g/mol. The second-order valence-electron chi connectivity index (χ2n) is 7.44. The molecule has 10 heteroatoms. The van der Waals surface area contributed by atoms with Crippen LogP contribution in [-0.4, -0.2) is 39.0 Å². The van der Waals surface area contributed by atoms with Crippen LogP contribution < -0.4 is 10.1 Å². The van der Waals surface area contributed by atoms with Crippen molar-refractivity contribution < 1.29 is 19.1 Å². The van der Waals surface area contributed by atoms with Crippen molar-refractivity contribution in [1.29, 1.82) is 0 Å². The molecule has 2 aromatic heterocycles. The Bertz CT molecular complexity index is 1190. The van der Waals surface area contributed by atoms with Gasteiger partial charge in [-0.25, -0.2) is 4.79 Å². The van der Waals surface area contributed by atoms with E-state index < -0.39 is 5.97 Å². The summed E-state index contributed by atoms with van der Waals surface area (Å²) in [4.78, 5) is 25.7. The van der Waals surface area contributed by atoms with Gasteiger partial charge in [0.25, 0.3) is 0 Å². The quantitative estimate of drug-likeness (QED) is 0.226. The standard InChI is InChI=1S/C24H28N4O4S2/c1-6-11-28-20(13-32-19-10-8-9-15(3)17(19)5)26-27-24(28)33-14-21(29)25-22-18(12-16(4)34-22)23(30)31-7-2/h6,8-10,12H,1,7,11,13-14H2,2-5H3,(H,25,29). The Kier molecular flexibility index (Phi) is 8.89. The zero-order valence-electron chi connectivity index (χ0n) is 19.7. The number of amides is 1. The Morgan fingerprint density at radius 3 is 2.79 bits per heavy atom. The Labute approximate surface area is 207 Å². The Morgan fingerprint density at radius 2 is 2.06 bits per heavy atom. The molecule has 2 heterocycles. The maximum Gasteiger partial charge on any atom is 0.341 e. The van der Waals surface area contributed by atoms with Crippen molar-refractivity contribution in [3.63, 3.8) is 0 Å². The number of hydrogen-bond donors (Lipinski definition) is 1. The number of nitrogens with zero attached hydrogens (tertiary/aromatic N) is 3. The molecule has 0 saturated heterocycles. The van der Waals surface area contributed by atoms with Crippen molar-refractivity contribution >= 4 is 40.0 Å². The molecule has 1 aromatic carbocycles. The smallest absolute Gasteiger partial charge is 0.341 e. The molecule has 0 aliphatic carbocycles. The van der Waals surface area contributed by atoms with Gasteiger partial charge in [-0.1, -0.05) is 30.0 Å². The minimum Gasteiger partial charge on any atom is -0.485 e. The number of aromatic nitrogens is 3. The number of aryl methyl sites for hydroxylation is 2. The van der Waals surface area contributed by atoms with E-state index >= 15 is 0 Å². The molecule has 0 bridgehead atoms. The van der Waals surface area contributed by atoms with Gasteiger partial charge in [0.2, 0.25) is 5.91 Å². The Hall–Kier alpha value is -3.11. The molecule has 1 N–H and O–H groups in total. The van der Waals surface area contributed by atoms with E-state index in [0.29, 0.717) is 28.1 Å². The predicted octanol–water partition coefficient (Wildman–Crippen LogP) is 4.94. The van der Waals surface area contributed by atoms with Crippen molar-refractivity contribution in [2.75, 3.05) is 17.7 Å². The van der Waals surface area contributed by atoms with E-state index in [1.165, 1.54) is 23.1 Å². The third kappa shape index (κ3) is 6.27. The van der Waals surface area contributed by atoms with Crippen molar-refractivity contribution in [2.24, 2.45) is 0 Å². The molecule has 0 saturated carbocycles. The van der Waals surface area contributed by atoms with Crippen LogP contribution in [0.4, 0.5) is 5.00 Å². The SMILES string of the molecule is C=CCn1c(COc2cccc(C)c2C)nnc1SCC(=O)Nc1sc(C)cc1C(=O)OCC. The van der Waals surface area contributed by atoms with Gasteiger partial charge >= 0.3 is 5.97 Å². The van der Waals surface area contributed by atoms with Crippen LogP contribution in [0, 0.1) is 20.8 Å². The molecule has 1 amide bonds. The fourth-order valence-corrected chi connectivity index (χ4v) is 4.81. The molecule has 0 radical (unpaired) electrons. The van der Waals surface area contributed by atoms with Crippen LogP contribution in [0.15, 0.2) is 42.1 Å². The van der Waals surface area contributed by atoms with Crippen LogP contribution in [0.1, 0.15) is 39.1 Å². The van der Waals surface area contributed by atoms with Crippen molar-refractivity contribution in [3.8, 4) is 5.75 Å². The van der Waals surface area contributed by atoms with Gasteiger partial charge in [-0.2, -0.15) is 0 Å². The summed E-state index contributed by atoms with van der Waals surface area (Å²) in [6, 6.07) is 7.63. The van der Waals surface area contributed by atoms with Gasteiger partial charge in [0, 0.05) is 11.4 Å². The van der Waals surface area contributed by atoms with E-state index in [2.05, 4.69) is 22.1 Å². The second kappa shape index (κ2) is 11.8. The van der Waals surface area contributed by atoms with Crippen LogP contribution in [-0.2, 0) is 22.7 Å². The van der Waals surface area contributed by atoms with E-state index in [1.54, 1.807) is 19.1 Å². The number of carbonyl (C=O) groups is 2. The van der Waals surface area contributed by atoms with Crippen molar-refractivity contribution in [1.82, 2.24) is 14.8 Å². The first kappa shape index (κ1) is 25.5. The first-order valence-corrected chi connectivity index (χ1v) is 12.6. The summed E-state index contributed by atoms with van der Waals surface area (Å²) in [6.07, 6.45) is 1.74. The van der Waals surface area contributed by atoms with Gasteiger partial charge < -0.3 is 14.8 Å². The van der Waals surface area contributed by atoms with Crippen LogP contribution in [0.2, 0.25) is 0 Å². The summed E-state index contributed by atoms with van der Waals surface area (Å²) < 4.78 is 12.9. The summed E-state index contributed by atoms with van der Waals surface area (Å²) in [6.45, 7) is 12.5. The molecule has 8 nitrogen and oxygen atoms in total. The third-order valence-electron chi connectivity index (χ3n) is 4.95. The summed E-state index contributed by atoms with van der Waals surface area (Å²) in [5.74, 6) is 0.840. The minimum atomic E-state index is -0.450. The molecule has 180 valence electrons. The highest BCUT2D eigenvalue weighted by Gasteiger charge is 2.19. The van der Waals surface area contributed by atoms with E-state index in [-0.39, 0.29) is 24.9 Å². The number of ether oxygens (including phenoxy) is 2. The number of thioether (sulfide) groups is 1. The van der Waals surface area contributed by atoms with E-state index in [4.69, 9.17) is 9.47 Å². The van der Waals surface area contributed by atoms with Crippen molar-refractivity contribution in [3.05, 3.63) is 64.3 Å². The lowest BCUT2D eigenvalue weighted by atomic mass is 10.1. The first-order valence-electron chi connectivity index (χ1n) is 10.8. The molecule has 3 rings (SSSR count). The average molecular weight is 501 g/mol. The van der Waals surface area contributed by atoms with Gasteiger partial charge in [0.1, 0.15) is 17.4 Å². The number of thiophene rings is 1. The maximum absolute atomic E-state index is 12.6. The van der Waals surface area contributed by atoms with Crippen LogP contribution in [0.3, 0.4) is 0 Å². The van der Waals surface area contributed by atoms with Gasteiger partial charge in [0.05, 0.1) is 17.9 Å². The fourth-order valence-electron chi connectivity index (χ4n) is 3.13. The molecule has 0 aliphatic rings. The van der Waals surface area contributed by atoms with Crippen LogP contribution >= 0.6 is 23.1 Å². The Morgan fingerprint density at radius 1 is 1.26 bits per heavy atom. The molecule has 34 heavy (non-hydrogen) atoms. The molecule has 0 atom stereocenters. The van der Waals surface area contributed by atoms with E-state index in [9.17, 15) is 9.59 Å². The molecule has 0 spiro atoms. The lowest BCUT2D eigenvalue weighted by Crippen LogP contribution is -2.16. The average Bonchev–Trinajstić information content (AvgIpc) is 3.36. The summed E-state index contributed by atoms with van der Waals surface area (Å²) >= 11 is 2.59. The summed E-state index contributed by atoms with van der Waals surface area (Å²) in [5, 5.41) is 12.4. The highest BCUT2D eigenvalue weighted by atomic mass is 32.2. The van der Waals surface area contributed by atoms with Crippen LogP contribution in [0.25, 0.3) is 0 Å².